The number of carbonyl (C=O) groups excluding carboxylic acids is 1. The Bertz CT molecular complexity index is 384. The maximum atomic E-state index is 12.0. The van der Waals surface area contributed by atoms with Gasteiger partial charge in [0.05, 0.1) is 12.6 Å². The van der Waals surface area contributed by atoms with Crippen molar-refractivity contribution in [3.63, 3.8) is 0 Å². The van der Waals surface area contributed by atoms with Crippen LogP contribution < -0.4 is 4.74 Å². The molecule has 0 saturated carbocycles. The average Bonchev–Trinajstić information content (AvgIpc) is 2.29. The number of aliphatic hydroxyl groups is 1. The third kappa shape index (κ3) is 3.74. The highest BCUT2D eigenvalue weighted by Crippen LogP contribution is 2.24. The van der Waals surface area contributed by atoms with Gasteiger partial charge in [0.15, 0.2) is 0 Å². The minimum atomic E-state index is -0.463. The van der Waals surface area contributed by atoms with E-state index in [2.05, 4.69) is 0 Å². The molecular formula is C14H21NO3. The molecule has 0 aliphatic rings. The van der Waals surface area contributed by atoms with Crippen molar-refractivity contribution in [1.29, 1.82) is 0 Å². The van der Waals surface area contributed by atoms with Crippen molar-refractivity contribution < 1.29 is 14.6 Å². The van der Waals surface area contributed by atoms with Gasteiger partial charge in [-0.3, -0.25) is 0 Å². The smallest absolute Gasteiger partial charge is 0.410 e. The normalized spacial score (nSPS) is 12.9. The molecule has 0 saturated heterocycles. The van der Waals surface area contributed by atoms with E-state index in [4.69, 9.17) is 4.74 Å². The molecule has 0 aliphatic carbocycles. The molecule has 4 nitrogen and oxygen atoms in total. The predicted molar refractivity (Wildman–Crippen MR) is 70.6 cm³/mol. The number of benzene rings is 1. The average molecular weight is 251 g/mol. The van der Waals surface area contributed by atoms with Crippen LogP contribution in [-0.2, 0) is 0 Å². The molecule has 100 valence electrons. The van der Waals surface area contributed by atoms with Crippen molar-refractivity contribution in [2.45, 2.75) is 26.8 Å². The van der Waals surface area contributed by atoms with E-state index in [0.717, 1.165) is 0 Å². The number of hydrogen-bond acceptors (Lipinski definition) is 3. The summed E-state index contributed by atoms with van der Waals surface area (Å²) in [5, 5.41) is 9.40. The quantitative estimate of drug-likeness (QED) is 0.898. The highest BCUT2D eigenvalue weighted by Gasteiger charge is 2.31. The van der Waals surface area contributed by atoms with Gasteiger partial charge in [0.2, 0.25) is 0 Å². The van der Waals surface area contributed by atoms with Crippen LogP contribution in [0.2, 0.25) is 0 Å². The zero-order valence-corrected chi connectivity index (χ0v) is 11.4. The van der Waals surface area contributed by atoms with Gasteiger partial charge in [-0.15, -0.1) is 0 Å². The largest absolute Gasteiger partial charge is 0.415 e. The number of hydrogen-bond donors (Lipinski definition) is 1. The van der Waals surface area contributed by atoms with Crippen molar-refractivity contribution in [3.8, 4) is 5.75 Å². The number of likely N-dealkylation sites (N-methyl/N-ethyl adjacent to an activating group) is 1. The molecule has 0 aliphatic heterocycles. The summed E-state index contributed by atoms with van der Waals surface area (Å²) in [6.07, 6.45) is -0.463. The van der Waals surface area contributed by atoms with Gasteiger partial charge in [0, 0.05) is 7.05 Å². The predicted octanol–water partition coefficient (Wildman–Crippen LogP) is 2.52. The van der Waals surface area contributed by atoms with Gasteiger partial charge in [-0.1, -0.05) is 39.0 Å². The summed E-state index contributed by atoms with van der Waals surface area (Å²) in [6, 6.07) is 8.61. The van der Waals surface area contributed by atoms with Crippen LogP contribution in [0.3, 0.4) is 0 Å². The lowest BCUT2D eigenvalue weighted by atomic mass is 9.86. The molecule has 1 rings (SSSR count). The number of para-hydroxylation sites is 1. The van der Waals surface area contributed by atoms with E-state index in [1.165, 1.54) is 4.90 Å². The van der Waals surface area contributed by atoms with Crippen LogP contribution in [0.15, 0.2) is 30.3 Å². The first-order chi connectivity index (χ1) is 8.36. The van der Waals surface area contributed by atoms with Gasteiger partial charge in [0.1, 0.15) is 5.75 Å². The Morgan fingerprint density at radius 2 is 1.89 bits per heavy atom. The molecular weight excluding hydrogens is 230 g/mol. The molecule has 0 radical (unpaired) electrons. The van der Waals surface area contributed by atoms with E-state index in [9.17, 15) is 9.90 Å². The maximum Gasteiger partial charge on any atom is 0.415 e. The Hall–Kier alpha value is -1.55. The molecule has 1 N–H and O–H groups in total. The lowest BCUT2D eigenvalue weighted by Crippen LogP contribution is -2.48. The molecule has 0 heterocycles. The third-order valence-electron chi connectivity index (χ3n) is 2.88. The van der Waals surface area contributed by atoms with Crippen molar-refractivity contribution in [3.05, 3.63) is 30.3 Å². The highest BCUT2D eigenvalue weighted by molar-refractivity contribution is 5.70. The first-order valence-corrected chi connectivity index (χ1v) is 5.97. The van der Waals surface area contributed by atoms with E-state index < -0.39 is 6.09 Å². The van der Waals surface area contributed by atoms with Gasteiger partial charge in [0.25, 0.3) is 0 Å². The summed E-state index contributed by atoms with van der Waals surface area (Å²) in [4.78, 5) is 13.4. The second-order valence-electron chi connectivity index (χ2n) is 5.36. The molecule has 18 heavy (non-hydrogen) atoms. The number of amides is 1. The molecule has 0 fully saturated rings. The second kappa shape index (κ2) is 5.87. The van der Waals surface area contributed by atoms with Crippen LogP contribution in [0.4, 0.5) is 4.79 Å². The molecule has 0 spiro atoms. The van der Waals surface area contributed by atoms with Gasteiger partial charge in [-0.25, -0.2) is 4.79 Å². The van der Waals surface area contributed by atoms with E-state index in [1.807, 2.05) is 26.8 Å². The Morgan fingerprint density at radius 1 is 1.33 bits per heavy atom. The molecule has 4 heteroatoms. The standard InChI is InChI=1S/C14H21NO3/c1-14(2,3)12(10-16)15(4)13(17)18-11-8-6-5-7-9-11/h5-9,12,16H,10H2,1-4H3/t12-/m1/s1. The first-order valence-electron chi connectivity index (χ1n) is 5.97. The third-order valence-corrected chi connectivity index (χ3v) is 2.88. The number of nitrogens with zero attached hydrogens (tertiary/aromatic N) is 1. The summed E-state index contributed by atoms with van der Waals surface area (Å²) in [7, 11) is 1.64. The minimum absolute atomic E-state index is 0.0934. The van der Waals surface area contributed by atoms with Crippen molar-refractivity contribution >= 4 is 6.09 Å². The Balaban J connectivity index is 2.72. The lowest BCUT2D eigenvalue weighted by Gasteiger charge is -2.35. The number of carbonyl (C=O) groups is 1. The number of ether oxygens (including phenoxy) is 1. The van der Waals surface area contributed by atoms with E-state index in [-0.39, 0.29) is 18.1 Å². The summed E-state index contributed by atoms with van der Waals surface area (Å²) in [6.45, 7) is 5.82. The van der Waals surface area contributed by atoms with Crippen molar-refractivity contribution in [1.82, 2.24) is 4.90 Å². The summed E-state index contributed by atoms with van der Waals surface area (Å²) in [5.74, 6) is 0.500. The Morgan fingerprint density at radius 3 is 2.33 bits per heavy atom. The molecule has 1 aromatic carbocycles. The summed E-state index contributed by atoms with van der Waals surface area (Å²) >= 11 is 0. The first kappa shape index (κ1) is 14.5. The van der Waals surface area contributed by atoms with Crippen LogP contribution in [0, 0.1) is 5.41 Å². The fourth-order valence-corrected chi connectivity index (χ4v) is 1.77. The van der Waals surface area contributed by atoms with Gasteiger partial charge < -0.3 is 14.7 Å². The number of aliphatic hydroxyl groups excluding tert-OH is 1. The second-order valence-corrected chi connectivity index (χ2v) is 5.36. The molecule has 0 unspecified atom stereocenters. The lowest BCUT2D eigenvalue weighted by molar-refractivity contribution is 0.0653. The van der Waals surface area contributed by atoms with Crippen LogP contribution in [-0.4, -0.2) is 35.8 Å². The van der Waals surface area contributed by atoms with Gasteiger partial charge in [-0.2, -0.15) is 0 Å². The van der Waals surface area contributed by atoms with E-state index >= 15 is 0 Å². The Labute approximate surface area is 108 Å². The fraction of sp³-hybridized carbons (Fsp3) is 0.500. The molecule has 1 aromatic rings. The SMILES string of the molecule is CN(C(=O)Oc1ccccc1)[C@H](CO)C(C)(C)C. The van der Waals surface area contributed by atoms with Gasteiger partial charge in [-0.05, 0) is 17.5 Å². The maximum absolute atomic E-state index is 12.0. The topological polar surface area (TPSA) is 49.8 Å². The summed E-state index contributed by atoms with van der Waals surface area (Å²) < 4.78 is 5.23. The van der Waals surface area contributed by atoms with Crippen LogP contribution in [0.1, 0.15) is 20.8 Å². The van der Waals surface area contributed by atoms with Crippen LogP contribution in [0.25, 0.3) is 0 Å². The molecule has 1 amide bonds. The van der Waals surface area contributed by atoms with Crippen molar-refractivity contribution in [2.24, 2.45) is 5.41 Å². The van der Waals surface area contributed by atoms with Crippen LogP contribution in [0.5, 0.6) is 5.75 Å². The summed E-state index contributed by atoms with van der Waals surface area (Å²) in [5.41, 5.74) is -0.209. The molecule has 1 atom stereocenters. The molecule has 0 aromatic heterocycles. The zero-order valence-electron chi connectivity index (χ0n) is 11.4. The minimum Gasteiger partial charge on any atom is -0.410 e. The van der Waals surface area contributed by atoms with Crippen molar-refractivity contribution in [2.75, 3.05) is 13.7 Å². The number of rotatable bonds is 3. The van der Waals surface area contributed by atoms with E-state index in [0.29, 0.717) is 5.75 Å². The van der Waals surface area contributed by atoms with Gasteiger partial charge >= 0.3 is 6.09 Å². The van der Waals surface area contributed by atoms with Crippen LogP contribution >= 0.6 is 0 Å². The molecule has 0 bridgehead atoms. The Kier molecular flexibility index (Phi) is 4.73. The zero-order chi connectivity index (χ0) is 13.8. The fourth-order valence-electron chi connectivity index (χ4n) is 1.77. The monoisotopic (exact) mass is 251 g/mol. The highest BCUT2D eigenvalue weighted by atomic mass is 16.6. The van der Waals surface area contributed by atoms with E-state index in [1.54, 1.807) is 31.3 Å².